The minimum atomic E-state index is -4.38. The Labute approximate surface area is 97.7 Å². The summed E-state index contributed by atoms with van der Waals surface area (Å²) in [7, 11) is 0. The van der Waals surface area contributed by atoms with Crippen molar-refractivity contribution in [2.24, 2.45) is 0 Å². The van der Waals surface area contributed by atoms with Crippen molar-refractivity contribution in [1.82, 2.24) is 0 Å². The zero-order valence-corrected chi connectivity index (χ0v) is 10.0. The molecule has 0 fully saturated rings. The van der Waals surface area contributed by atoms with Crippen molar-refractivity contribution >= 4 is 0 Å². The van der Waals surface area contributed by atoms with Crippen molar-refractivity contribution < 1.29 is 87.2 Å². The van der Waals surface area contributed by atoms with E-state index in [2.05, 4.69) is 0 Å². The minimum Gasteiger partial charge on any atom is -0.796 e. The van der Waals surface area contributed by atoms with Gasteiger partial charge in [-0.3, -0.25) is 0 Å². The van der Waals surface area contributed by atoms with Gasteiger partial charge >= 0.3 is 68.9 Å². The molecule has 0 aromatic carbocycles. The SMILES string of the molecule is [Cs+].[O-]C(F)(F)CF. The van der Waals surface area contributed by atoms with Crippen molar-refractivity contribution in [2.75, 3.05) is 6.67 Å². The molecule has 0 heterocycles. The van der Waals surface area contributed by atoms with E-state index in [-0.39, 0.29) is 68.9 Å². The molecule has 5 heteroatoms. The average molecular weight is 232 g/mol. The van der Waals surface area contributed by atoms with Gasteiger partial charge in [-0.2, -0.15) is 0 Å². The summed E-state index contributed by atoms with van der Waals surface area (Å²) in [5.74, 6) is 0. The molecular weight excluding hydrogens is 230 g/mol. The van der Waals surface area contributed by atoms with E-state index in [0.29, 0.717) is 0 Å². The Hall–Kier alpha value is 1.80. The second-order valence-electron chi connectivity index (χ2n) is 0.771. The Morgan fingerprint density at radius 2 is 1.57 bits per heavy atom. The third-order valence-electron chi connectivity index (χ3n) is 0.156. The molecule has 0 unspecified atom stereocenters. The Balaban J connectivity index is 0. The topological polar surface area (TPSA) is 23.1 Å². The van der Waals surface area contributed by atoms with Gasteiger partial charge in [-0.1, -0.05) is 0 Å². The quantitative estimate of drug-likeness (QED) is 0.470. The van der Waals surface area contributed by atoms with E-state index in [0.717, 1.165) is 0 Å². The predicted octanol–water partition coefficient (Wildman–Crippen LogP) is -3.09. The summed E-state index contributed by atoms with van der Waals surface area (Å²) in [5.41, 5.74) is 0. The third-order valence-corrected chi connectivity index (χ3v) is 0.156. The number of alkyl halides is 3. The number of hydrogen-bond donors (Lipinski definition) is 0. The van der Waals surface area contributed by atoms with Crippen LogP contribution in [0.25, 0.3) is 0 Å². The maximum Gasteiger partial charge on any atom is 1.00 e. The summed E-state index contributed by atoms with van der Waals surface area (Å²) in [6.07, 6.45) is -4.38. The van der Waals surface area contributed by atoms with Crippen LogP contribution in [0.5, 0.6) is 0 Å². The van der Waals surface area contributed by atoms with Crippen LogP contribution in [0.15, 0.2) is 0 Å². The Morgan fingerprint density at radius 1 is 1.43 bits per heavy atom. The van der Waals surface area contributed by atoms with Gasteiger partial charge < -0.3 is 5.11 Å². The maximum absolute atomic E-state index is 10.5. The molecule has 0 amide bonds. The molecule has 0 saturated heterocycles. The molecule has 0 aliphatic rings. The van der Waals surface area contributed by atoms with E-state index >= 15 is 0 Å². The fourth-order valence-corrected chi connectivity index (χ4v) is 0. The van der Waals surface area contributed by atoms with Crippen LogP contribution in [-0.4, -0.2) is 12.8 Å². The van der Waals surface area contributed by atoms with Crippen molar-refractivity contribution in [3.05, 3.63) is 0 Å². The van der Waals surface area contributed by atoms with Gasteiger partial charge in [0.1, 0.15) is 6.67 Å². The first kappa shape index (κ1) is 11.6. The fourth-order valence-electron chi connectivity index (χ4n) is 0. The fraction of sp³-hybridized carbons (Fsp3) is 1.00. The summed E-state index contributed by atoms with van der Waals surface area (Å²) in [6.45, 7) is -2.12. The molecule has 1 nitrogen and oxygen atoms in total. The molecule has 0 aliphatic heterocycles. The summed E-state index contributed by atoms with van der Waals surface area (Å²) in [5, 5.41) is 8.76. The van der Waals surface area contributed by atoms with Crippen LogP contribution < -0.4 is 74.0 Å². The Bertz CT molecular complexity index is 42.7. The van der Waals surface area contributed by atoms with Gasteiger partial charge in [0.05, 0.1) is 0 Å². The van der Waals surface area contributed by atoms with Crippen LogP contribution in [-0.2, 0) is 0 Å². The molecule has 0 saturated carbocycles. The zero-order valence-electron chi connectivity index (χ0n) is 3.75. The molecule has 0 atom stereocenters. The van der Waals surface area contributed by atoms with Crippen LogP contribution in [0.4, 0.5) is 13.2 Å². The van der Waals surface area contributed by atoms with Crippen LogP contribution >= 0.6 is 0 Å². The first-order valence-electron chi connectivity index (χ1n) is 1.20. The summed E-state index contributed by atoms with van der Waals surface area (Å²) < 4.78 is 31.5. The summed E-state index contributed by atoms with van der Waals surface area (Å²) in [6, 6.07) is 0. The van der Waals surface area contributed by atoms with E-state index in [1.807, 2.05) is 0 Å². The normalized spacial score (nSPS) is 10.3. The van der Waals surface area contributed by atoms with Crippen molar-refractivity contribution in [2.45, 2.75) is 6.11 Å². The smallest absolute Gasteiger partial charge is 0.796 e. The maximum atomic E-state index is 10.5. The van der Waals surface area contributed by atoms with Gasteiger partial charge in [0, 0.05) is 0 Å². The van der Waals surface area contributed by atoms with Gasteiger partial charge in [-0.25, -0.2) is 13.2 Å². The number of hydrogen-bond acceptors (Lipinski definition) is 1. The third kappa shape index (κ3) is 11.4. The largest absolute Gasteiger partial charge is 1.00 e. The summed E-state index contributed by atoms with van der Waals surface area (Å²) in [4.78, 5) is 0. The van der Waals surface area contributed by atoms with Crippen LogP contribution in [0.2, 0.25) is 0 Å². The van der Waals surface area contributed by atoms with E-state index in [1.54, 1.807) is 0 Å². The van der Waals surface area contributed by atoms with E-state index in [1.165, 1.54) is 0 Å². The number of halogens is 3. The molecule has 0 N–H and O–H groups in total. The van der Waals surface area contributed by atoms with Gasteiger partial charge in [-0.15, -0.1) is 0 Å². The van der Waals surface area contributed by atoms with Crippen LogP contribution in [0.1, 0.15) is 0 Å². The monoisotopic (exact) mass is 232 g/mol. The first-order chi connectivity index (χ1) is 2.56. The molecule has 7 heavy (non-hydrogen) atoms. The first-order valence-corrected chi connectivity index (χ1v) is 1.20. The van der Waals surface area contributed by atoms with Crippen molar-refractivity contribution in [3.63, 3.8) is 0 Å². The standard InChI is InChI=1S/C2H2F3O.Cs/c3-1-2(4,5)6;/h1H2;/q-1;+1. The molecule has 0 spiro atoms. The zero-order chi connectivity index (χ0) is 5.21. The molecule has 0 aromatic rings. The van der Waals surface area contributed by atoms with E-state index < -0.39 is 12.8 Å². The Morgan fingerprint density at radius 3 is 1.57 bits per heavy atom. The second-order valence-corrected chi connectivity index (χ2v) is 0.771. The minimum absolute atomic E-state index is 0. The van der Waals surface area contributed by atoms with Gasteiger partial charge in [0.25, 0.3) is 0 Å². The molecular formula is C2H2CsF3O. The van der Waals surface area contributed by atoms with Crippen LogP contribution in [0, 0.1) is 0 Å². The molecule has 0 aliphatic carbocycles. The Kier molecular flexibility index (Phi) is 7.71. The average Bonchev–Trinajstić information content (AvgIpc) is 1.35. The number of rotatable bonds is 1. The van der Waals surface area contributed by atoms with Gasteiger partial charge in [0.2, 0.25) is 6.11 Å². The second kappa shape index (κ2) is 4.66. The molecule has 0 bridgehead atoms. The van der Waals surface area contributed by atoms with Crippen LogP contribution in [0.3, 0.4) is 0 Å². The predicted molar refractivity (Wildman–Crippen MR) is 10.9 cm³/mol. The van der Waals surface area contributed by atoms with E-state index in [9.17, 15) is 13.2 Å². The molecule has 0 rings (SSSR count). The molecule has 0 radical (unpaired) electrons. The molecule has 38 valence electrons. The molecule has 0 aromatic heterocycles. The van der Waals surface area contributed by atoms with Crippen molar-refractivity contribution in [1.29, 1.82) is 0 Å². The van der Waals surface area contributed by atoms with Gasteiger partial charge in [-0.05, 0) is 0 Å². The van der Waals surface area contributed by atoms with Gasteiger partial charge in [0.15, 0.2) is 0 Å². The summed E-state index contributed by atoms with van der Waals surface area (Å²) >= 11 is 0. The van der Waals surface area contributed by atoms with E-state index in [4.69, 9.17) is 5.11 Å². The van der Waals surface area contributed by atoms with Crippen molar-refractivity contribution in [3.8, 4) is 0 Å².